The van der Waals surface area contributed by atoms with Gasteiger partial charge in [0.25, 0.3) is 0 Å². The van der Waals surface area contributed by atoms with E-state index < -0.39 is 8.07 Å². The molecule has 1 heterocycles. The molecule has 118 valence electrons. The summed E-state index contributed by atoms with van der Waals surface area (Å²) in [6, 6.07) is 8.28. The highest BCUT2D eigenvalue weighted by Gasteiger charge is 2.41. The number of hydrogen-bond donors (Lipinski definition) is 0. The van der Waals surface area contributed by atoms with Crippen molar-refractivity contribution in [2.45, 2.75) is 64.6 Å². The van der Waals surface area contributed by atoms with Crippen LogP contribution in [0.3, 0.4) is 0 Å². The topological polar surface area (TPSA) is 13.1 Å². The van der Waals surface area contributed by atoms with Crippen molar-refractivity contribution in [3.05, 3.63) is 36.1 Å². The van der Waals surface area contributed by atoms with Crippen molar-refractivity contribution in [1.82, 2.24) is 0 Å². The quantitative estimate of drug-likeness (QED) is 0.484. The monoisotopic (exact) mass is 312 g/mol. The van der Waals surface area contributed by atoms with Gasteiger partial charge in [-0.2, -0.15) is 0 Å². The summed E-state index contributed by atoms with van der Waals surface area (Å²) < 4.78 is 5.48. The highest BCUT2D eigenvalue weighted by atomic mass is 28.3. The van der Waals surface area contributed by atoms with Crippen LogP contribution in [-0.2, 0) is 6.42 Å². The lowest BCUT2D eigenvalue weighted by Gasteiger charge is -2.38. The molecule has 2 rings (SSSR count). The highest BCUT2D eigenvalue weighted by Crippen LogP contribution is 2.40. The van der Waals surface area contributed by atoms with Gasteiger partial charge in [0, 0.05) is 11.8 Å². The van der Waals surface area contributed by atoms with Crippen LogP contribution >= 0.6 is 0 Å². The van der Waals surface area contributed by atoms with Gasteiger partial charge in [-0.15, -0.1) is 11.5 Å². The van der Waals surface area contributed by atoms with E-state index in [1.165, 1.54) is 10.9 Å². The van der Waals surface area contributed by atoms with E-state index in [0.717, 1.165) is 12.0 Å². The molecule has 0 N–H and O–H groups in total. The molecular formula is C20H28OSi. The van der Waals surface area contributed by atoms with Crippen molar-refractivity contribution in [3.8, 4) is 11.5 Å². The molecule has 0 radical (unpaired) electrons. The number of benzene rings is 1. The lowest BCUT2D eigenvalue weighted by molar-refractivity contribution is 0.616. The minimum absolute atomic E-state index is 0.685. The molecule has 0 spiro atoms. The van der Waals surface area contributed by atoms with Crippen molar-refractivity contribution < 1.29 is 4.42 Å². The van der Waals surface area contributed by atoms with E-state index in [4.69, 9.17) is 4.42 Å². The van der Waals surface area contributed by atoms with E-state index in [-0.39, 0.29) is 0 Å². The van der Waals surface area contributed by atoms with E-state index in [2.05, 4.69) is 65.1 Å². The van der Waals surface area contributed by atoms with E-state index >= 15 is 0 Å². The molecule has 0 amide bonds. The van der Waals surface area contributed by atoms with E-state index in [1.807, 2.05) is 12.1 Å². The molecule has 0 fully saturated rings. The predicted octanol–water partition coefficient (Wildman–Crippen LogP) is 6.20. The molecule has 22 heavy (non-hydrogen) atoms. The molecule has 0 unspecified atom stereocenters. The maximum atomic E-state index is 5.48. The zero-order valence-corrected chi connectivity index (χ0v) is 15.7. The molecular weight excluding hydrogens is 284 g/mol. The number of hydrogen-bond acceptors (Lipinski definition) is 1. The molecule has 0 atom stereocenters. The van der Waals surface area contributed by atoms with Gasteiger partial charge in [-0.1, -0.05) is 53.7 Å². The van der Waals surface area contributed by atoms with E-state index in [0.29, 0.717) is 16.6 Å². The summed E-state index contributed by atoms with van der Waals surface area (Å²) in [7, 11) is -1.62. The van der Waals surface area contributed by atoms with Crippen LogP contribution in [0.4, 0.5) is 0 Å². The van der Waals surface area contributed by atoms with Gasteiger partial charge in [0.2, 0.25) is 0 Å². The van der Waals surface area contributed by atoms with Crippen LogP contribution in [0.25, 0.3) is 11.0 Å². The number of rotatable bonds is 4. The molecule has 1 aromatic carbocycles. The average Bonchev–Trinajstić information content (AvgIpc) is 2.91. The van der Waals surface area contributed by atoms with Crippen molar-refractivity contribution >= 4 is 19.0 Å². The normalized spacial score (nSPS) is 12.2. The molecule has 0 aliphatic rings. The fourth-order valence-electron chi connectivity index (χ4n) is 3.94. The molecule has 1 aromatic heterocycles. The van der Waals surface area contributed by atoms with Crippen LogP contribution in [0, 0.1) is 11.5 Å². The summed E-state index contributed by atoms with van der Waals surface area (Å²) >= 11 is 0. The fourth-order valence-corrected chi connectivity index (χ4v) is 9.20. The van der Waals surface area contributed by atoms with Crippen LogP contribution in [0.5, 0.6) is 0 Å². The largest absolute Gasteiger partial charge is 0.464 e. The molecule has 2 aromatic rings. The SMILES string of the molecule is CC(C)[Si](C#CCc1cccc2occc12)(C(C)C)C(C)C. The Morgan fingerprint density at radius 1 is 0.955 bits per heavy atom. The van der Waals surface area contributed by atoms with E-state index in [9.17, 15) is 0 Å². The Morgan fingerprint density at radius 2 is 1.59 bits per heavy atom. The Kier molecular flexibility index (Phi) is 5.18. The van der Waals surface area contributed by atoms with Crippen LogP contribution in [0.15, 0.2) is 34.9 Å². The summed E-state index contributed by atoms with van der Waals surface area (Å²) in [5.41, 5.74) is 8.08. The van der Waals surface area contributed by atoms with Crippen LogP contribution in [0.2, 0.25) is 16.6 Å². The fraction of sp³-hybridized carbons (Fsp3) is 0.500. The first kappa shape index (κ1) is 16.9. The van der Waals surface area contributed by atoms with Crippen molar-refractivity contribution in [3.63, 3.8) is 0 Å². The minimum atomic E-state index is -1.62. The summed E-state index contributed by atoms with van der Waals surface area (Å²) in [6.07, 6.45) is 2.58. The van der Waals surface area contributed by atoms with Gasteiger partial charge >= 0.3 is 0 Å². The summed E-state index contributed by atoms with van der Waals surface area (Å²) in [5, 5.41) is 1.20. The Hall–Kier alpha value is -1.46. The second-order valence-corrected chi connectivity index (χ2v) is 12.7. The van der Waals surface area contributed by atoms with Crippen LogP contribution < -0.4 is 0 Å². The third-order valence-corrected chi connectivity index (χ3v) is 11.4. The Balaban J connectivity index is 2.33. The van der Waals surface area contributed by atoms with Crippen LogP contribution in [-0.4, -0.2) is 8.07 Å². The van der Waals surface area contributed by atoms with E-state index in [1.54, 1.807) is 6.26 Å². The zero-order chi connectivity index (χ0) is 16.3. The first-order chi connectivity index (χ1) is 10.4. The summed E-state index contributed by atoms with van der Waals surface area (Å²) in [4.78, 5) is 0. The Labute approximate surface area is 136 Å². The minimum Gasteiger partial charge on any atom is -0.464 e. The third kappa shape index (κ3) is 3.01. The predicted molar refractivity (Wildman–Crippen MR) is 98.7 cm³/mol. The summed E-state index contributed by atoms with van der Waals surface area (Å²) in [5.74, 6) is 3.54. The number of fused-ring (bicyclic) bond motifs is 1. The Morgan fingerprint density at radius 3 is 2.18 bits per heavy atom. The maximum absolute atomic E-state index is 5.48. The van der Waals surface area contributed by atoms with Crippen molar-refractivity contribution in [1.29, 1.82) is 0 Å². The van der Waals surface area contributed by atoms with Gasteiger partial charge in [-0.25, -0.2) is 0 Å². The smallest absolute Gasteiger partial charge is 0.145 e. The van der Waals surface area contributed by atoms with Gasteiger partial charge in [0.15, 0.2) is 0 Å². The van der Waals surface area contributed by atoms with Crippen molar-refractivity contribution in [2.75, 3.05) is 0 Å². The molecule has 0 aliphatic carbocycles. The van der Waals surface area contributed by atoms with Gasteiger partial charge in [-0.05, 0) is 34.3 Å². The molecule has 0 saturated carbocycles. The second-order valence-electron chi connectivity index (χ2n) is 7.13. The van der Waals surface area contributed by atoms with Gasteiger partial charge in [-0.3, -0.25) is 0 Å². The lowest BCUT2D eigenvalue weighted by Crippen LogP contribution is -2.43. The zero-order valence-electron chi connectivity index (χ0n) is 14.7. The second kappa shape index (κ2) is 6.75. The summed E-state index contributed by atoms with van der Waals surface area (Å²) in [6.45, 7) is 14.2. The molecule has 0 aliphatic heterocycles. The first-order valence-electron chi connectivity index (χ1n) is 8.34. The van der Waals surface area contributed by atoms with Gasteiger partial charge < -0.3 is 4.42 Å². The molecule has 1 nitrogen and oxygen atoms in total. The van der Waals surface area contributed by atoms with Gasteiger partial charge in [0.1, 0.15) is 13.7 Å². The molecule has 0 bridgehead atoms. The maximum Gasteiger partial charge on any atom is 0.145 e. The van der Waals surface area contributed by atoms with Gasteiger partial charge in [0.05, 0.1) is 6.26 Å². The van der Waals surface area contributed by atoms with Crippen LogP contribution in [0.1, 0.15) is 47.1 Å². The molecule has 0 saturated heterocycles. The standard InChI is InChI=1S/C20H28OSi/c1-15(2)22(16(3)4,17(5)6)14-8-10-18-9-7-11-20-19(18)12-13-21-20/h7,9,11-13,15-17H,10H2,1-6H3. The number of furan rings is 1. The third-order valence-electron chi connectivity index (χ3n) is 5.04. The average molecular weight is 313 g/mol. The highest BCUT2D eigenvalue weighted by molar-refractivity contribution is 6.90. The Bertz CT molecular complexity index is 661. The molecule has 2 heteroatoms. The lowest BCUT2D eigenvalue weighted by atomic mass is 10.1. The van der Waals surface area contributed by atoms with Crippen molar-refractivity contribution in [2.24, 2.45) is 0 Å². The first-order valence-corrected chi connectivity index (χ1v) is 10.6.